The highest BCUT2D eigenvalue weighted by molar-refractivity contribution is 5.79. The molecule has 3 N–H and O–H groups in total. The Kier molecular flexibility index (Phi) is 8.35. The molecule has 1 unspecified atom stereocenters. The lowest BCUT2D eigenvalue weighted by Crippen LogP contribution is -2.39. The van der Waals surface area contributed by atoms with Crippen molar-refractivity contribution in [3.63, 3.8) is 0 Å². The summed E-state index contributed by atoms with van der Waals surface area (Å²) in [5.74, 6) is 1.50. The first-order chi connectivity index (χ1) is 15.0. The summed E-state index contributed by atoms with van der Waals surface area (Å²) < 4.78 is 5.66. The highest BCUT2D eigenvalue weighted by Gasteiger charge is 2.10. The third-order valence-electron chi connectivity index (χ3n) is 4.96. The highest BCUT2D eigenvalue weighted by atomic mass is 16.5. The Balaban J connectivity index is 1.56. The standard InChI is InChI=1S/C25H34N4O2/c1-4-26-25(27-17-20-8-7-9-22(16-20)29-14-5-6-15-29)28-18-24(30)21-10-12-23(13-11-21)31-19(2)3/h5-13,16,19,24,30H,4,14-15,17-18H2,1-3H3,(H2,26,27,28). The smallest absolute Gasteiger partial charge is 0.191 e. The normalized spacial score (nSPS) is 14.7. The first kappa shape index (κ1) is 22.7. The van der Waals surface area contributed by atoms with E-state index >= 15 is 0 Å². The molecule has 1 aliphatic heterocycles. The summed E-state index contributed by atoms with van der Waals surface area (Å²) in [5, 5.41) is 17.0. The van der Waals surface area contributed by atoms with Crippen LogP contribution in [0.2, 0.25) is 0 Å². The van der Waals surface area contributed by atoms with Gasteiger partial charge in [-0.1, -0.05) is 36.4 Å². The van der Waals surface area contributed by atoms with Gasteiger partial charge in [0.2, 0.25) is 0 Å². The predicted octanol–water partition coefficient (Wildman–Crippen LogP) is 3.64. The van der Waals surface area contributed by atoms with Crippen molar-refractivity contribution < 1.29 is 9.84 Å². The summed E-state index contributed by atoms with van der Waals surface area (Å²) in [4.78, 5) is 7.02. The zero-order valence-electron chi connectivity index (χ0n) is 18.7. The molecule has 0 radical (unpaired) electrons. The lowest BCUT2D eigenvalue weighted by atomic mass is 10.1. The average molecular weight is 423 g/mol. The van der Waals surface area contributed by atoms with Gasteiger partial charge in [-0.3, -0.25) is 0 Å². The molecule has 0 amide bonds. The maximum atomic E-state index is 10.6. The Bertz CT molecular complexity index is 869. The average Bonchev–Trinajstić information content (AvgIpc) is 3.31. The van der Waals surface area contributed by atoms with Crippen molar-refractivity contribution in [2.45, 2.75) is 39.5 Å². The third-order valence-corrected chi connectivity index (χ3v) is 4.96. The molecule has 1 atom stereocenters. The summed E-state index contributed by atoms with van der Waals surface area (Å²) in [6, 6.07) is 16.1. The van der Waals surface area contributed by atoms with E-state index in [4.69, 9.17) is 9.73 Å². The molecule has 0 aromatic heterocycles. The van der Waals surface area contributed by atoms with Crippen molar-refractivity contribution in [2.75, 3.05) is 31.1 Å². The first-order valence-corrected chi connectivity index (χ1v) is 11.0. The fraction of sp³-hybridized carbons (Fsp3) is 0.400. The maximum absolute atomic E-state index is 10.6. The van der Waals surface area contributed by atoms with Crippen molar-refractivity contribution in [2.24, 2.45) is 4.99 Å². The minimum atomic E-state index is -0.636. The number of nitrogens with one attached hydrogen (secondary N) is 2. The molecular weight excluding hydrogens is 388 g/mol. The topological polar surface area (TPSA) is 69.1 Å². The zero-order valence-corrected chi connectivity index (χ0v) is 18.7. The van der Waals surface area contributed by atoms with Crippen LogP contribution >= 0.6 is 0 Å². The summed E-state index contributed by atoms with van der Waals surface area (Å²) in [5.41, 5.74) is 3.21. The number of aliphatic hydroxyl groups excluding tert-OH is 1. The van der Waals surface area contributed by atoms with Gasteiger partial charge in [0.1, 0.15) is 5.75 Å². The molecule has 31 heavy (non-hydrogen) atoms. The monoisotopic (exact) mass is 422 g/mol. The van der Waals surface area contributed by atoms with Crippen LogP contribution in [0.4, 0.5) is 5.69 Å². The van der Waals surface area contributed by atoms with Crippen molar-refractivity contribution in [3.05, 3.63) is 71.8 Å². The Labute approximate surface area is 185 Å². The summed E-state index contributed by atoms with van der Waals surface area (Å²) >= 11 is 0. The van der Waals surface area contributed by atoms with E-state index in [2.05, 4.69) is 52.0 Å². The largest absolute Gasteiger partial charge is 0.491 e. The van der Waals surface area contributed by atoms with Gasteiger partial charge in [0.25, 0.3) is 0 Å². The number of nitrogens with zero attached hydrogens (tertiary/aromatic N) is 2. The van der Waals surface area contributed by atoms with E-state index in [9.17, 15) is 5.11 Å². The van der Waals surface area contributed by atoms with Gasteiger partial charge in [0, 0.05) is 31.9 Å². The summed E-state index contributed by atoms with van der Waals surface area (Å²) in [6.07, 6.45) is 3.87. The lowest BCUT2D eigenvalue weighted by Gasteiger charge is -2.18. The van der Waals surface area contributed by atoms with E-state index in [1.165, 1.54) is 5.69 Å². The van der Waals surface area contributed by atoms with Crippen LogP contribution in [-0.2, 0) is 6.54 Å². The molecular formula is C25H34N4O2. The van der Waals surface area contributed by atoms with E-state index in [0.29, 0.717) is 19.0 Å². The van der Waals surface area contributed by atoms with Gasteiger partial charge >= 0.3 is 0 Å². The number of hydrogen-bond donors (Lipinski definition) is 3. The Morgan fingerprint density at radius 3 is 2.52 bits per heavy atom. The van der Waals surface area contributed by atoms with Crippen LogP contribution in [0.1, 0.15) is 38.0 Å². The molecule has 0 saturated heterocycles. The number of ether oxygens (including phenoxy) is 1. The van der Waals surface area contributed by atoms with Crippen LogP contribution < -0.4 is 20.3 Å². The number of anilines is 1. The molecule has 0 saturated carbocycles. The molecule has 1 heterocycles. The predicted molar refractivity (Wildman–Crippen MR) is 128 cm³/mol. The number of benzene rings is 2. The van der Waals surface area contributed by atoms with Crippen LogP contribution in [0.25, 0.3) is 0 Å². The molecule has 0 fully saturated rings. The second-order valence-electron chi connectivity index (χ2n) is 7.87. The van der Waals surface area contributed by atoms with Gasteiger partial charge in [-0.05, 0) is 56.2 Å². The maximum Gasteiger partial charge on any atom is 0.191 e. The minimum Gasteiger partial charge on any atom is -0.491 e. The van der Waals surface area contributed by atoms with E-state index in [1.807, 2.05) is 45.0 Å². The summed E-state index contributed by atoms with van der Waals surface area (Å²) in [6.45, 7) is 9.63. The third kappa shape index (κ3) is 7.03. The van der Waals surface area contributed by atoms with Gasteiger partial charge in [0.15, 0.2) is 5.96 Å². The summed E-state index contributed by atoms with van der Waals surface area (Å²) in [7, 11) is 0. The molecule has 0 bridgehead atoms. The molecule has 1 aliphatic rings. The van der Waals surface area contributed by atoms with Gasteiger partial charge in [0.05, 0.1) is 18.8 Å². The Morgan fingerprint density at radius 1 is 1.10 bits per heavy atom. The number of aliphatic hydroxyl groups is 1. The molecule has 2 aromatic carbocycles. The van der Waals surface area contributed by atoms with Crippen LogP contribution in [0.15, 0.2) is 65.7 Å². The van der Waals surface area contributed by atoms with Crippen LogP contribution in [0, 0.1) is 0 Å². The van der Waals surface area contributed by atoms with E-state index in [-0.39, 0.29) is 6.10 Å². The second kappa shape index (κ2) is 11.4. The highest BCUT2D eigenvalue weighted by Crippen LogP contribution is 2.20. The molecule has 166 valence electrons. The van der Waals surface area contributed by atoms with Gasteiger partial charge in [-0.15, -0.1) is 0 Å². The van der Waals surface area contributed by atoms with Gasteiger partial charge in [-0.25, -0.2) is 4.99 Å². The fourth-order valence-electron chi connectivity index (χ4n) is 3.40. The van der Waals surface area contributed by atoms with Crippen molar-refractivity contribution in [3.8, 4) is 5.75 Å². The number of rotatable bonds is 9. The van der Waals surface area contributed by atoms with E-state index in [1.54, 1.807) is 0 Å². The second-order valence-corrected chi connectivity index (χ2v) is 7.87. The number of hydrogen-bond acceptors (Lipinski definition) is 4. The van der Waals surface area contributed by atoms with Crippen LogP contribution in [-0.4, -0.2) is 43.3 Å². The van der Waals surface area contributed by atoms with Crippen LogP contribution in [0.5, 0.6) is 5.75 Å². The van der Waals surface area contributed by atoms with E-state index in [0.717, 1.165) is 36.5 Å². The van der Waals surface area contributed by atoms with Crippen molar-refractivity contribution in [1.29, 1.82) is 0 Å². The first-order valence-electron chi connectivity index (χ1n) is 11.0. The molecule has 3 rings (SSSR count). The van der Waals surface area contributed by atoms with Crippen LogP contribution in [0.3, 0.4) is 0 Å². The van der Waals surface area contributed by atoms with Gasteiger partial charge in [-0.2, -0.15) is 0 Å². The van der Waals surface area contributed by atoms with Gasteiger partial charge < -0.3 is 25.4 Å². The Morgan fingerprint density at radius 2 is 1.84 bits per heavy atom. The molecule has 0 spiro atoms. The number of aliphatic imine (C=N–C) groups is 1. The lowest BCUT2D eigenvalue weighted by molar-refractivity contribution is 0.180. The zero-order chi connectivity index (χ0) is 22.1. The molecule has 6 nitrogen and oxygen atoms in total. The molecule has 2 aromatic rings. The molecule has 0 aliphatic carbocycles. The quantitative estimate of drug-likeness (QED) is 0.327. The Hall–Kier alpha value is -2.99. The number of guanidine groups is 1. The van der Waals surface area contributed by atoms with Crippen molar-refractivity contribution in [1.82, 2.24) is 10.6 Å². The fourth-order valence-corrected chi connectivity index (χ4v) is 3.40. The van der Waals surface area contributed by atoms with E-state index < -0.39 is 6.10 Å². The SMILES string of the molecule is CCNC(=NCc1cccc(N2CC=CC2)c1)NCC(O)c1ccc(OC(C)C)cc1. The minimum absolute atomic E-state index is 0.129. The molecule has 6 heteroatoms. The van der Waals surface area contributed by atoms with Crippen molar-refractivity contribution >= 4 is 11.6 Å².